The van der Waals surface area contributed by atoms with Crippen LogP contribution in [0.5, 0.6) is 11.5 Å². The summed E-state index contributed by atoms with van der Waals surface area (Å²) in [6, 6.07) is 12.2. The standard InChI is InChI=1S/C16H15NO4S/c1-20-12-4-2-5-13(8-12)21-9-11-10-22(18,19)16-14(11)6-3-7-15(16)17/h2-8,10H,9,17H2,1H3. The predicted octanol–water partition coefficient (Wildman–Crippen LogP) is 2.48. The van der Waals surface area contributed by atoms with Crippen molar-refractivity contribution in [3.05, 3.63) is 53.4 Å². The van der Waals surface area contributed by atoms with Crippen molar-refractivity contribution in [2.45, 2.75) is 4.90 Å². The molecule has 1 aliphatic heterocycles. The number of sulfone groups is 1. The molecule has 6 heteroatoms. The molecule has 0 atom stereocenters. The molecule has 2 aromatic carbocycles. The second-order valence-corrected chi connectivity index (χ2v) is 6.61. The number of hydrogen-bond donors (Lipinski definition) is 1. The Balaban J connectivity index is 1.87. The third-order valence-corrected chi connectivity index (χ3v) is 5.03. The van der Waals surface area contributed by atoms with Gasteiger partial charge >= 0.3 is 0 Å². The van der Waals surface area contributed by atoms with Crippen molar-refractivity contribution in [2.75, 3.05) is 19.5 Å². The van der Waals surface area contributed by atoms with E-state index >= 15 is 0 Å². The maximum atomic E-state index is 12.2. The van der Waals surface area contributed by atoms with Gasteiger partial charge in [0.2, 0.25) is 9.84 Å². The minimum atomic E-state index is -3.49. The average molecular weight is 317 g/mol. The minimum absolute atomic E-state index is 0.142. The molecule has 3 rings (SSSR count). The third kappa shape index (κ3) is 2.53. The number of ether oxygens (including phenoxy) is 2. The van der Waals surface area contributed by atoms with Crippen molar-refractivity contribution in [3.63, 3.8) is 0 Å². The highest BCUT2D eigenvalue weighted by Crippen LogP contribution is 2.37. The van der Waals surface area contributed by atoms with Crippen LogP contribution in [0.25, 0.3) is 5.57 Å². The number of fused-ring (bicyclic) bond motifs is 1. The predicted molar refractivity (Wildman–Crippen MR) is 84.5 cm³/mol. The molecule has 0 radical (unpaired) electrons. The molecule has 1 aliphatic rings. The second kappa shape index (κ2) is 5.38. The van der Waals surface area contributed by atoms with Gasteiger partial charge in [-0.3, -0.25) is 0 Å². The van der Waals surface area contributed by atoms with Crippen molar-refractivity contribution in [2.24, 2.45) is 0 Å². The van der Waals surface area contributed by atoms with Gasteiger partial charge in [-0.1, -0.05) is 18.2 Å². The Kier molecular flexibility index (Phi) is 3.54. The fourth-order valence-electron chi connectivity index (χ4n) is 2.40. The lowest BCUT2D eigenvalue weighted by Gasteiger charge is -2.09. The lowest BCUT2D eigenvalue weighted by atomic mass is 10.1. The van der Waals surface area contributed by atoms with Crippen LogP contribution in [0.15, 0.2) is 52.8 Å². The topological polar surface area (TPSA) is 78.6 Å². The van der Waals surface area contributed by atoms with Crippen molar-refractivity contribution in [1.82, 2.24) is 0 Å². The van der Waals surface area contributed by atoms with E-state index in [1.807, 2.05) is 6.07 Å². The van der Waals surface area contributed by atoms with Gasteiger partial charge in [-0.15, -0.1) is 0 Å². The molecular weight excluding hydrogens is 302 g/mol. The van der Waals surface area contributed by atoms with Crippen molar-refractivity contribution in [3.8, 4) is 11.5 Å². The first-order chi connectivity index (χ1) is 10.5. The summed E-state index contributed by atoms with van der Waals surface area (Å²) >= 11 is 0. The Morgan fingerprint density at radius 1 is 1.09 bits per heavy atom. The lowest BCUT2D eigenvalue weighted by molar-refractivity contribution is 0.363. The second-order valence-electron chi connectivity index (χ2n) is 4.88. The summed E-state index contributed by atoms with van der Waals surface area (Å²) in [5.74, 6) is 1.28. The molecule has 0 amide bonds. The van der Waals surface area contributed by atoms with Crippen LogP contribution in [0.2, 0.25) is 0 Å². The lowest BCUT2D eigenvalue weighted by Crippen LogP contribution is -2.01. The number of benzene rings is 2. The van der Waals surface area contributed by atoms with Crippen LogP contribution in [0.1, 0.15) is 5.56 Å². The van der Waals surface area contributed by atoms with Gasteiger partial charge in [0.15, 0.2) is 0 Å². The third-order valence-electron chi connectivity index (χ3n) is 3.41. The normalized spacial score (nSPS) is 15.0. The maximum Gasteiger partial charge on any atom is 0.202 e. The van der Waals surface area contributed by atoms with Gasteiger partial charge in [-0.2, -0.15) is 0 Å². The fourth-order valence-corrected chi connectivity index (χ4v) is 3.99. The van der Waals surface area contributed by atoms with Crippen LogP contribution in [0.3, 0.4) is 0 Å². The van der Waals surface area contributed by atoms with E-state index in [0.717, 1.165) is 0 Å². The molecule has 0 saturated heterocycles. The Morgan fingerprint density at radius 3 is 2.59 bits per heavy atom. The van der Waals surface area contributed by atoms with E-state index in [-0.39, 0.29) is 17.2 Å². The fraction of sp³-hybridized carbons (Fsp3) is 0.125. The summed E-state index contributed by atoms with van der Waals surface area (Å²) in [6.07, 6.45) is 0. The first kappa shape index (κ1) is 14.5. The molecule has 1 heterocycles. The highest BCUT2D eigenvalue weighted by Gasteiger charge is 2.29. The van der Waals surface area contributed by atoms with Crippen LogP contribution in [-0.2, 0) is 9.84 Å². The van der Waals surface area contributed by atoms with E-state index in [1.165, 1.54) is 5.41 Å². The van der Waals surface area contributed by atoms with Crippen LogP contribution >= 0.6 is 0 Å². The molecule has 0 aliphatic carbocycles. The number of hydrogen-bond acceptors (Lipinski definition) is 5. The molecular formula is C16H15NO4S. The zero-order valence-corrected chi connectivity index (χ0v) is 12.8. The Hall–Kier alpha value is -2.47. The largest absolute Gasteiger partial charge is 0.497 e. The zero-order valence-electron chi connectivity index (χ0n) is 11.9. The van der Waals surface area contributed by atoms with E-state index in [0.29, 0.717) is 22.6 Å². The Bertz CT molecular complexity index is 856. The molecule has 5 nitrogen and oxygen atoms in total. The molecule has 2 aromatic rings. The van der Waals surface area contributed by atoms with Crippen molar-refractivity contribution < 1.29 is 17.9 Å². The van der Waals surface area contributed by atoms with E-state index < -0.39 is 9.84 Å². The molecule has 114 valence electrons. The first-order valence-corrected chi connectivity index (χ1v) is 8.17. The molecule has 0 bridgehead atoms. The summed E-state index contributed by atoms with van der Waals surface area (Å²) < 4.78 is 35.1. The highest BCUT2D eigenvalue weighted by molar-refractivity contribution is 7.95. The van der Waals surface area contributed by atoms with E-state index in [1.54, 1.807) is 43.5 Å². The van der Waals surface area contributed by atoms with Gasteiger partial charge in [0.1, 0.15) is 23.0 Å². The average Bonchev–Trinajstić information content (AvgIpc) is 2.77. The van der Waals surface area contributed by atoms with Crippen LogP contribution in [0.4, 0.5) is 5.69 Å². The van der Waals surface area contributed by atoms with Crippen LogP contribution < -0.4 is 15.2 Å². The highest BCUT2D eigenvalue weighted by atomic mass is 32.2. The van der Waals surface area contributed by atoms with Crippen molar-refractivity contribution >= 4 is 21.1 Å². The van der Waals surface area contributed by atoms with Gasteiger partial charge in [0.25, 0.3) is 0 Å². The smallest absolute Gasteiger partial charge is 0.202 e. The summed E-state index contributed by atoms with van der Waals surface area (Å²) in [5, 5.41) is 1.22. The number of nitrogen functional groups attached to an aromatic ring is 1. The molecule has 2 N–H and O–H groups in total. The van der Waals surface area contributed by atoms with Gasteiger partial charge in [-0.25, -0.2) is 8.42 Å². The van der Waals surface area contributed by atoms with E-state index in [4.69, 9.17) is 15.2 Å². The van der Waals surface area contributed by atoms with Gasteiger partial charge < -0.3 is 15.2 Å². The number of anilines is 1. The molecule has 22 heavy (non-hydrogen) atoms. The Morgan fingerprint density at radius 2 is 1.82 bits per heavy atom. The number of methoxy groups -OCH3 is 1. The maximum absolute atomic E-state index is 12.2. The van der Waals surface area contributed by atoms with Gasteiger partial charge in [-0.05, 0) is 18.2 Å². The molecule has 0 aromatic heterocycles. The van der Waals surface area contributed by atoms with E-state index in [9.17, 15) is 8.42 Å². The summed E-state index contributed by atoms with van der Waals surface area (Å²) in [4.78, 5) is 0.166. The molecule has 0 unspecified atom stereocenters. The molecule has 0 saturated carbocycles. The number of rotatable bonds is 4. The summed E-state index contributed by atoms with van der Waals surface area (Å²) in [7, 11) is -1.92. The Labute approximate surface area is 128 Å². The molecule has 0 fully saturated rings. The first-order valence-electron chi connectivity index (χ1n) is 6.62. The summed E-state index contributed by atoms with van der Waals surface area (Å²) in [6.45, 7) is 0.142. The van der Waals surface area contributed by atoms with Crippen molar-refractivity contribution in [1.29, 1.82) is 0 Å². The molecule has 0 spiro atoms. The zero-order chi connectivity index (χ0) is 15.7. The van der Waals surface area contributed by atoms with E-state index in [2.05, 4.69) is 0 Å². The summed E-state index contributed by atoms with van der Waals surface area (Å²) in [5.41, 5.74) is 7.23. The monoisotopic (exact) mass is 317 g/mol. The minimum Gasteiger partial charge on any atom is -0.497 e. The van der Waals surface area contributed by atoms with Gasteiger partial charge in [0, 0.05) is 22.6 Å². The SMILES string of the molecule is COc1cccc(OCC2=CS(=O)(=O)c3c(N)cccc32)c1. The number of nitrogens with two attached hydrogens (primary N) is 1. The quantitative estimate of drug-likeness (QED) is 0.877. The van der Waals surface area contributed by atoms with Crippen LogP contribution in [-0.4, -0.2) is 22.1 Å². The van der Waals surface area contributed by atoms with Crippen LogP contribution in [0, 0.1) is 0 Å². The van der Waals surface area contributed by atoms with Gasteiger partial charge in [0.05, 0.1) is 12.8 Å².